The van der Waals surface area contributed by atoms with Gasteiger partial charge in [-0.25, -0.2) is 4.79 Å². The van der Waals surface area contributed by atoms with Crippen LogP contribution >= 0.6 is 0 Å². The number of anilines is 1. The van der Waals surface area contributed by atoms with Crippen molar-refractivity contribution in [3.8, 4) is 11.5 Å². The summed E-state index contributed by atoms with van der Waals surface area (Å²) in [4.78, 5) is 25.0. The summed E-state index contributed by atoms with van der Waals surface area (Å²) in [5.41, 5.74) is 6.70. The molecule has 0 fully saturated rings. The first-order chi connectivity index (χ1) is 11.9. The number of hydrogen-bond donors (Lipinski definition) is 3. The van der Waals surface area contributed by atoms with Crippen molar-refractivity contribution in [3.05, 3.63) is 53.6 Å². The summed E-state index contributed by atoms with van der Waals surface area (Å²) < 4.78 is 5.37. The zero-order chi connectivity index (χ0) is 18.4. The molecule has 7 heteroatoms. The maximum atomic E-state index is 12.4. The summed E-state index contributed by atoms with van der Waals surface area (Å²) in [5.74, 6) is -0.998. The Bertz CT molecular complexity index is 759. The number of nitrogens with zero attached hydrogens (tertiary/aromatic N) is 1. The number of carboxylic acids is 1. The van der Waals surface area contributed by atoms with Crippen LogP contribution in [-0.2, 0) is 11.2 Å². The molecule has 0 spiro atoms. The van der Waals surface area contributed by atoms with E-state index in [0.717, 1.165) is 5.56 Å². The molecule has 0 radical (unpaired) electrons. The molecule has 2 aromatic rings. The van der Waals surface area contributed by atoms with E-state index in [2.05, 4.69) is 0 Å². The van der Waals surface area contributed by atoms with E-state index in [1.54, 1.807) is 12.1 Å². The average molecular weight is 344 g/mol. The van der Waals surface area contributed by atoms with E-state index in [0.29, 0.717) is 18.7 Å². The van der Waals surface area contributed by atoms with E-state index in [4.69, 9.17) is 10.5 Å². The highest BCUT2D eigenvalue weighted by atomic mass is 16.5. The first kappa shape index (κ1) is 18.3. The van der Waals surface area contributed by atoms with Crippen molar-refractivity contribution in [1.29, 1.82) is 0 Å². The largest absolute Gasteiger partial charge is 0.508 e. The molecule has 132 valence electrons. The molecular formula is C18H20N2O5. The third-order valence-corrected chi connectivity index (χ3v) is 3.66. The SMILES string of the molecule is CN(C(=O)COc1ccc(O)cc1)c1cc(CCN)ccc1C(=O)O. The van der Waals surface area contributed by atoms with Gasteiger partial charge in [-0.3, -0.25) is 4.79 Å². The van der Waals surface area contributed by atoms with Crippen molar-refractivity contribution in [2.75, 3.05) is 25.1 Å². The van der Waals surface area contributed by atoms with Crippen LogP contribution in [0.1, 0.15) is 15.9 Å². The Morgan fingerprint density at radius 3 is 2.44 bits per heavy atom. The number of phenolic OH excluding ortho intramolecular Hbond substituents is 1. The van der Waals surface area contributed by atoms with Crippen molar-refractivity contribution in [2.24, 2.45) is 5.73 Å². The molecule has 1 amide bonds. The second-order valence-corrected chi connectivity index (χ2v) is 5.43. The molecule has 0 aliphatic carbocycles. The van der Waals surface area contributed by atoms with Crippen molar-refractivity contribution in [2.45, 2.75) is 6.42 Å². The predicted octanol–water partition coefficient (Wildman–Crippen LogP) is 1.63. The molecule has 7 nitrogen and oxygen atoms in total. The highest BCUT2D eigenvalue weighted by Gasteiger charge is 2.19. The fourth-order valence-corrected chi connectivity index (χ4v) is 2.28. The Kier molecular flexibility index (Phi) is 5.97. The predicted molar refractivity (Wildman–Crippen MR) is 93.2 cm³/mol. The number of amides is 1. The number of hydrogen-bond acceptors (Lipinski definition) is 5. The topological polar surface area (TPSA) is 113 Å². The Balaban J connectivity index is 2.15. The normalized spacial score (nSPS) is 10.3. The van der Waals surface area contributed by atoms with Gasteiger partial charge in [-0.2, -0.15) is 0 Å². The number of rotatable bonds is 7. The number of carbonyl (C=O) groups excluding carboxylic acids is 1. The van der Waals surface area contributed by atoms with Gasteiger partial charge in [0.05, 0.1) is 11.3 Å². The molecule has 0 aliphatic heterocycles. The van der Waals surface area contributed by atoms with Gasteiger partial charge in [-0.15, -0.1) is 0 Å². The molecule has 0 atom stereocenters. The van der Waals surface area contributed by atoms with Crippen LogP contribution in [-0.4, -0.2) is 42.3 Å². The van der Waals surface area contributed by atoms with Gasteiger partial charge < -0.3 is 25.6 Å². The minimum absolute atomic E-state index is 0.0289. The number of aromatic hydroxyl groups is 1. The summed E-state index contributed by atoms with van der Waals surface area (Å²) in [6.07, 6.45) is 0.582. The molecule has 0 saturated carbocycles. The summed E-state index contributed by atoms with van der Waals surface area (Å²) >= 11 is 0. The van der Waals surface area contributed by atoms with Crippen LogP contribution in [0, 0.1) is 0 Å². The lowest BCUT2D eigenvalue weighted by atomic mass is 10.1. The first-order valence-corrected chi connectivity index (χ1v) is 7.67. The zero-order valence-electron chi connectivity index (χ0n) is 13.8. The maximum Gasteiger partial charge on any atom is 0.337 e. The van der Waals surface area contributed by atoms with Gasteiger partial charge in [0.15, 0.2) is 6.61 Å². The van der Waals surface area contributed by atoms with Gasteiger partial charge in [0, 0.05) is 7.05 Å². The summed E-state index contributed by atoms with van der Waals surface area (Å²) in [7, 11) is 1.50. The number of phenols is 1. The lowest BCUT2D eigenvalue weighted by molar-refractivity contribution is -0.120. The number of likely N-dealkylation sites (N-methyl/N-ethyl adjacent to an activating group) is 1. The number of carbonyl (C=O) groups is 2. The van der Waals surface area contributed by atoms with Crippen molar-refractivity contribution < 1.29 is 24.5 Å². The van der Waals surface area contributed by atoms with Gasteiger partial charge >= 0.3 is 5.97 Å². The summed E-state index contributed by atoms with van der Waals surface area (Å²) in [6.45, 7) is 0.162. The molecule has 0 bridgehead atoms. The fourth-order valence-electron chi connectivity index (χ4n) is 2.28. The fraction of sp³-hybridized carbons (Fsp3) is 0.222. The molecule has 0 aromatic heterocycles. The number of ether oxygens (including phenoxy) is 1. The van der Waals surface area contributed by atoms with E-state index >= 15 is 0 Å². The number of carboxylic acid groups (broad SMARTS) is 1. The highest BCUT2D eigenvalue weighted by molar-refractivity contribution is 6.02. The Hall–Kier alpha value is -3.06. The molecule has 0 saturated heterocycles. The van der Waals surface area contributed by atoms with E-state index in [9.17, 15) is 19.8 Å². The van der Waals surface area contributed by atoms with Crippen LogP contribution in [0.15, 0.2) is 42.5 Å². The third kappa shape index (κ3) is 4.71. The first-order valence-electron chi connectivity index (χ1n) is 7.67. The average Bonchev–Trinajstić information content (AvgIpc) is 2.60. The second kappa shape index (κ2) is 8.16. The Morgan fingerprint density at radius 2 is 1.84 bits per heavy atom. The molecule has 0 unspecified atom stereocenters. The smallest absolute Gasteiger partial charge is 0.337 e. The number of nitrogens with two attached hydrogens (primary N) is 1. The van der Waals surface area contributed by atoms with E-state index in [1.807, 2.05) is 0 Å². The number of aromatic carboxylic acids is 1. The van der Waals surface area contributed by atoms with Crippen LogP contribution in [0.5, 0.6) is 11.5 Å². The molecule has 2 rings (SSSR count). The minimum Gasteiger partial charge on any atom is -0.508 e. The lowest BCUT2D eigenvalue weighted by Gasteiger charge is -2.20. The van der Waals surface area contributed by atoms with Crippen LogP contribution in [0.4, 0.5) is 5.69 Å². The summed E-state index contributed by atoms with van der Waals surface area (Å²) in [6, 6.07) is 10.8. The van der Waals surface area contributed by atoms with Gasteiger partial charge in [-0.1, -0.05) is 6.07 Å². The molecule has 0 heterocycles. The van der Waals surface area contributed by atoms with Crippen LogP contribution in [0.2, 0.25) is 0 Å². The second-order valence-electron chi connectivity index (χ2n) is 5.43. The maximum absolute atomic E-state index is 12.4. The third-order valence-electron chi connectivity index (χ3n) is 3.66. The monoisotopic (exact) mass is 344 g/mol. The highest BCUT2D eigenvalue weighted by Crippen LogP contribution is 2.23. The van der Waals surface area contributed by atoms with Crippen LogP contribution in [0.3, 0.4) is 0 Å². The van der Waals surface area contributed by atoms with Crippen LogP contribution < -0.4 is 15.4 Å². The van der Waals surface area contributed by atoms with Crippen molar-refractivity contribution in [3.63, 3.8) is 0 Å². The number of benzene rings is 2. The molecule has 25 heavy (non-hydrogen) atoms. The Morgan fingerprint density at radius 1 is 1.16 bits per heavy atom. The summed E-state index contributed by atoms with van der Waals surface area (Å²) in [5, 5.41) is 18.6. The lowest BCUT2D eigenvalue weighted by Crippen LogP contribution is -2.32. The van der Waals surface area contributed by atoms with Gasteiger partial charge in [0.1, 0.15) is 11.5 Å². The van der Waals surface area contributed by atoms with Gasteiger partial charge in [-0.05, 0) is 54.9 Å². The van der Waals surface area contributed by atoms with E-state index < -0.39 is 11.9 Å². The van der Waals surface area contributed by atoms with Crippen molar-refractivity contribution >= 4 is 17.6 Å². The molecule has 2 aromatic carbocycles. The van der Waals surface area contributed by atoms with Crippen molar-refractivity contribution in [1.82, 2.24) is 0 Å². The standard InChI is InChI=1S/C18H20N2O5/c1-20(17(22)11-25-14-5-3-13(21)4-6-14)16-10-12(8-9-19)2-7-15(16)18(23)24/h2-7,10,21H,8-9,11,19H2,1H3,(H,23,24). The van der Waals surface area contributed by atoms with E-state index in [1.165, 1.54) is 42.3 Å². The van der Waals surface area contributed by atoms with Gasteiger partial charge in [0.2, 0.25) is 0 Å². The zero-order valence-corrected chi connectivity index (χ0v) is 13.8. The molecule has 4 N–H and O–H groups in total. The molecule has 0 aliphatic rings. The van der Waals surface area contributed by atoms with E-state index in [-0.39, 0.29) is 23.6 Å². The van der Waals surface area contributed by atoms with Crippen LogP contribution in [0.25, 0.3) is 0 Å². The molecular weight excluding hydrogens is 324 g/mol. The minimum atomic E-state index is -1.12. The van der Waals surface area contributed by atoms with Gasteiger partial charge in [0.25, 0.3) is 5.91 Å². The Labute approximate surface area is 145 Å². The quantitative estimate of drug-likeness (QED) is 0.704.